The molecule has 0 amide bonds. The lowest BCUT2D eigenvalue weighted by Crippen LogP contribution is -2.41. The van der Waals surface area contributed by atoms with Crippen LogP contribution in [0.5, 0.6) is 0 Å². The van der Waals surface area contributed by atoms with E-state index in [2.05, 4.69) is 35.2 Å². The van der Waals surface area contributed by atoms with Crippen molar-refractivity contribution < 1.29 is 9.84 Å². The zero-order valence-electron chi connectivity index (χ0n) is 11.8. The standard InChI is InChI=1S/C16H23NO2S/c18-13-16-6-8-19-11-14(16)10-17(12-16)7-9-20-15-4-2-1-3-5-15/h1-5,14,18H,6-13H2/t14-,16-/m1/s1. The third-order valence-corrected chi connectivity index (χ3v) is 5.67. The van der Waals surface area contributed by atoms with Gasteiger partial charge >= 0.3 is 0 Å². The highest BCUT2D eigenvalue weighted by molar-refractivity contribution is 7.99. The van der Waals surface area contributed by atoms with Gasteiger partial charge in [0.25, 0.3) is 0 Å². The molecule has 4 heteroatoms. The van der Waals surface area contributed by atoms with Gasteiger partial charge in [0.1, 0.15) is 0 Å². The van der Waals surface area contributed by atoms with Crippen LogP contribution in [-0.2, 0) is 4.74 Å². The third kappa shape index (κ3) is 3.03. The van der Waals surface area contributed by atoms with Crippen molar-refractivity contribution in [2.24, 2.45) is 11.3 Å². The number of benzene rings is 1. The minimum Gasteiger partial charge on any atom is -0.396 e. The van der Waals surface area contributed by atoms with E-state index in [9.17, 15) is 5.11 Å². The van der Waals surface area contributed by atoms with Gasteiger partial charge in [-0.2, -0.15) is 0 Å². The summed E-state index contributed by atoms with van der Waals surface area (Å²) in [6, 6.07) is 10.6. The number of aliphatic hydroxyl groups excluding tert-OH is 1. The van der Waals surface area contributed by atoms with Gasteiger partial charge in [0.15, 0.2) is 0 Å². The van der Waals surface area contributed by atoms with Crippen LogP contribution in [0.2, 0.25) is 0 Å². The summed E-state index contributed by atoms with van der Waals surface area (Å²) in [4.78, 5) is 3.84. The van der Waals surface area contributed by atoms with Crippen LogP contribution in [0.15, 0.2) is 35.2 Å². The molecule has 2 aliphatic heterocycles. The Morgan fingerprint density at radius 3 is 2.95 bits per heavy atom. The quantitative estimate of drug-likeness (QED) is 0.843. The van der Waals surface area contributed by atoms with Gasteiger partial charge in [0.2, 0.25) is 0 Å². The van der Waals surface area contributed by atoms with E-state index in [-0.39, 0.29) is 5.41 Å². The van der Waals surface area contributed by atoms with E-state index in [0.29, 0.717) is 12.5 Å². The Kier molecular flexibility index (Phi) is 4.66. The predicted molar refractivity (Wildman–Crippen MR) is 82.1 cm³/mol. The zero-order valence-corrected chi connectivity index (χ0v) is 12.6. The van der Waals surface area contributed by atoms with Gasteiger partial charge in [-0.25, -0.2) is 0 Å². The van der Waals surface area contributed by atoms with Crippen molar-refractivity contribution >= 4 is 11.8 Å². The molecule has 0 saturated carbocycles. The van der Waals surface area contributed by atoms with Crippen LogP contribution in [0.3, 0.4) is 0 Å². The Morgan fingerprint density at radius 1 is 1.35 bits per heavy atom. The molecule has 0 spiro atoms. The predicted octanol–water partition coefficient (Wildman–Crippen LogP) is 2.11. The average Bonchev–Trinajstić information content (AvgIpc) is 2.87. The van der Waals surface area contributed by atoms with Crippen molar-refractivity contribution in [1.82, 2.24) is 4.90 Å². The second-order valence-electron chi connectivity index (χ2n) is 5.94. The monoisotopic (exact) mass is 293 g/mol. The van der Waals surface area contributed by atoms with Gasteiger partial charge < -0.3 is 14.7 Å². The lowest BCUT2D eigenvalue weighted by Gasteiger charge is -2.36. The van der Waals surface area contributed by atoms with E-state index in [0.717, 1.165) is 45.0 Å². The highest BCUT2D eigenvalue weighted by atomic mass is 32.2. The number of rotatable bonds is 5. The molecule has 0 aromatic heterocycles. The van der Waals surface area contributed by atoms with Crippen LogP contribution in [0, 0.1) is 11.3 Å². The smallest absolute Gasteiger partial charge is 0.0513 e. The number of fused-ring (bicyclic) bond motifs is 1. The normalized spacial score (nSPS) is 30.4. The summed E-state index contributed by atoms with van der Waals surface area (Å²) in [5.41, 5.74) is 0.107. The van der Waals surface area contributed by atoms with Crippen LogP contribution in [0.4, 0.5) is 0 Å². The second kappa shape index (κ2) is 6.48. The molecule has 2 heterocycles. The van der Waals surface area contributed by atoms with Crippen molar-refractivity contribution in [3.63, 3.8) is 0 Å². The molecule has 2 fully saturated rings. The number of nitrogens with zero attached hydrogens (tertiary/aromatic N) is 1. The number of ether oxygens (including phenoxy) is 1. The van der Waals surface area contributed by atoms with Gasteiger partial charge in [0, 0.05) is 48.2 Å². The first-order chi connectivity index (χ1) is 9.82. The summed E-state index contributed by atoms with van der Waals surface area (Å²) >= 11 is 1.91. The number of thioether (sulfide) groups is 1. The first-order valence-electron chi connectivity index (χ1n) is 7.41. The summed E-state index contributed by atoms with van der Waals surface area (Å²) in [5.74, 6) is 1.63. The molecule has 1 aromatic rings. The number of hydrogen-bond acceptors (Lipinski definition) is 4. The Morgan fingerprint density at radius 2 is 2.20 bits per heavy atom. The van der Waals surface area contributed by atoms with Gasteiger partial charge in [-0.05, 0) is 18.6 Å². The SMILES string of the molecule is OC[C@]12CCOC[C@H]1CN(CCSc1ccccc1)C2. The van der Waals surface area contributed by atoms with E-state index in [1.165, 1.54) is 4.90 Å². The number of likely N-dealkylation sites (tertiary alicyclic amines) is 1. The van der Waals surface area contributed by atoms with Gasteiger partial charge in [-0.3, -0.25) is 0 Å². The molecule has 110 valence electrons. The Bertz CT molecular complexity index is 428. The van der Waals surface area contributed by atoms with E-state index in [1.807, 2.05) is 11.8 Å². The second-order valence-corrected chi connectivity index (χ2v) is 7.11. The molecular formula is C16H23NO2S. The minimum absolute atomic E-state index is 0.107. The molecule has 0 bridgehead atoms. The van der Waals surface area contributed by atoms with E-state index in [1.54, 1.807) is 0 Å². The molecule has 0 radical (unpaired) electrons. The molecule has 2 saturated heterocycles. The van der Waals surface area contributed by atoms with Crippen LogP contribution in [0.1, 0.15) is 6.42 Å². The summed E-state index contributed by atoms with van der Waals surface area (Å²) in [6.45, 7) is 5.15. The van der Waals surface area contributed by atoms with Crippen molar-refractivity contribution in [2.45, 2.75) is 11.3 Å². The molecular weight excluding hydrogens is 270 g/mol. The maximum absolute atomic E-state index is 9.79. The maximum Gasteiger partial charge on any atom is 0.0513 e. The largest absolute Gasteiger partial charge is 0.396 e. The van der Waals surface area contributed by atoms with Crippen molar-refractivity contribution in [3.05, 3.63) is 30.3 Å². The molecule has 0 unspecified atom stereocenters. The highest BCUT2D eigenvalue weighted by Gasteiger charge is 2.47. The fourth-order valence-corrected chi connectivity index (χ4v) is 4.33. The highest BCUT2D eigenvalue weighted by Crippen LogP contribution is 2.41. The summed E-state index contributed by atoms with van der Waals surface area (Å²) in [6.07, 6.45) is 1.01. The molecule has 1 N–H and O–H groups in total. The van der Waals surface area contributed by atoms with Gasteiger partial charge in [-0.15, -0.1) is 11.8 Å². The molecule has 3 rings (SSSR count). The number of hydrogen-bond donors (Lipinski definition) is 1. The van der Waals surface area contributed by atoms with Crippen molar-refractivity contribution in [2.75, 3.05) is 45.2 Å². The van der Waals surface area contributed by atoms with E-state index in [4.69, 9.17) is 4.74 Å². The Labute approximate surface area is 125 Å². The van der Waals surface area contributed by atoms with Crippen molar-refractivity contribution in [3.8, 4) is 0 Å². The first kappa shape index (κ1) is 14.4. The van der Waals surface area contributed by atoms with E-state index >= 15 is 0 Å². The average molecular weight is 293 g/mol. The summed E-state index contributed by atoms with van der Waals surface area (Å²) < 4.78 is 5.59. The first-order valence-corrected chi connectivity index (χ1v) is 8.40. The third-order valence-electron chi connectivity index (χ3n) is 4.68. The molecule has 0 aliphatic carbocycles. The maximum atomic E-state index is 9.79. The molecule has 3 nitrogen and oxygen atoms in total. The molecule has 2 aliphatic rings. The Hall–Kier alpha value is -0.550. The lowest BCUT2D eigenvalue weighted by molar-refractivity contribution is -0.0416. The minimum atomic E-state index is 0.107. The molecule has 2 atom stereocenters. The zero-order chi connectivity index (χ0) is 13.8. The fourth-order valence-electron chi connectivity index (χ4n) is 3.40. The summed E-state index contributed by atoms with van der Waals surface area (Å²) in [5, 5.41) is 9.79. The topological polar surface area (TPSA) is 32.7 Å². The van der Waals surface area contributed by atoms with E-state index < -0.39 is 0 Å². The Balaban J connectivity index is 1.50. The van der Waals surface area contributed by atoms with Crippen LogP contribution in [0.25, 0.3) is 0 Å². The molecule has 1 aromatic carbocycles. The fraction of sp³-hybridized carbons (Fsp3) is 0.625. The van der Waals surface area contributed by atoms with Gasteiger partial charge in [-0.1, -0.05) is 18.2 Å². The van der Waals surface area contributed by atoms with Crippen LogP contribution < -0.4 is 0 Å². The van der Waals surface area contributed by atoms with Crippen LogP contribution >= 0.6 is 11.8 Å². The van der Waals surface area contributed by atoms with Crippen molar-refractivity contribution in [1.29, 1.82) is 0 Å². The number of aliphatic hydroxyl groups is 1. The lowest BCUT2D eigenvalue weighted by atomic mass is 9.75. The molecule has 20 heavy (non-hydrogen) atoms. The van der Waals surface area contributed by atoms with Gasteiger partial charge in [0.05, 0.1) is 13.2 Å². The van der Waals surface area contributed by atoms with Crippen LogP contribution in [-0.4, -0.2) is 55.2 Å². The summed E-state index contributed by atoms with van der Waals surface area (Å²) in [7, 11) is 0.